The summed E-state index contributed by atoms with van der Waals surface area (Å²) in [4.78, 5) is 21.4. The Kier molecular flexibility index (Phi) is 7.32. The molecule has 7 nitrogen and oxygen atoms in total. The van der Waals surface area contributed by atoms with Crippen LogP contribution in [0, 0.1) is 0 Å². The second-order valence-corrected chi connectivity index (χ2v) is 7.33. The molecule has 2 saturated heterocycles. The molecular formula is C20H32N4O3. The molecule has 0 radical (unpaired) electrons. The third-order valence-corrected chi connectivity index (χ3v) is 5.40. The number of amides is 1. The molecule has 0 bridgehead atoms. The summed E-state index contributed by atoms with van der Waals surface area (Å²) in [6.07, 6.45) is 0. The first kappa shape index (κ1) is 19.9. The Bertz CT molecular complexity index is 597. The minimum atomic E-state index is 0.276. The van der Waals surface area contributed by atoms with Gasteiger partial charge in [-0.1, -0.05) is 6.07 Å². The van der Waals surface area contributed by atoms with Gasteiger partial charge in [0.15, 0.2) is 0 Å². The molecule has 1 aromatic carbocycles. The number of carbonyl (C=O) groups excluding carboxylic acids is 1. The summed E-state index contributed by atoms with van der Waals surface area (Å²) in [7, 11) is 3.77. The number of likely N-dealkylation sites (N-methyl/N-ethyl adjacent to an activating group) is 1. The van der Waals surface area contributed by atoms with Crippen LogP contribution < -0.4 is 9.47 Å². The molecule has 0 N–H and O–H groups in total. The number of methoxy groups -OCH3 is 1. The van der Waals surface area contributed by atoms with Crippen LogP contribution in [-0.2, 0) is 4.79 Å². The SMILES string of the molecule is COc1cccc(OCCN2CCN(CC(=O)N3CCN(C)CC3)CC2)c1. The molecule has 0 aliphatic carbocycles. The van der Waals surface area contributed by atoms with Gasteiger partial charge in [0.25, 0.3) is 0 Å². The van der Waals surface area contributed by atoms with Crippen LogP contribution in [0.1, 0.15) is 0 Å². The number of benzene rings is 1. The lowest BCUT2D eigenvalue weighted by molar-refractivity contribution is -0.134. The average molecular weight is 377 g/mol. The first-order chi connectivity index (χ1) is 13.1. The van der Waals surface area contributed by atoms with Crippen LogP contribution >= 0.6 is 0 Å². The van der Waals surface area contributed by atoms with Gasteiger partial charge in [0.2, 0.25) is 5.91 Å². The normalized spacial score (nSPS) is 19.9. The van der Waals surface area contributed by atoms with E-state index in [2.05, 4.69) is 21.7 Å². The smallest absolute Gasteiger partial charge is 0.236 e. The third-order valence-electron chi connectivity index (χ3n) is 5.40. The fourth-order valence-corrected chi connectivity index (χ4v) is 3.50. The number of carbonyl (C=O) groups is 1. The molecule has 0 atom stereocenters. The predicted molar refractivity (Wildman–Crippen MR) is 105 cm³/mol. The van der Waals surface area contributed by atoms with Gasteiger partial charge < -0.3 is 19.3 Å². The Hall–Kier alpha value is -1.83. The highest BCUT2D eigenvalue weighted by Crippen LogP contribution is 2.18. The lowest BCUT2D eigenvalue weighted by atomic mass is 10.3. The Morgan fingerprint density at radius 1 is 0.963 bits per heavy atom. The molecule has 27 heavy (non-hydrogen) atoms. The van der Waals surface area contributed by atoms with E-state index >= 15 is 0 Å². The van der Waals surface area contributed by atoms with Crippen molar-refractivity contribution in [2.45, 2.75) is 0 Å². The average Bonchev–Trinajstić information content (AvgIpc) is 2.70. The van der Waals surface area contributed by atoms with Crippen LogP contribution in [0.5, 0.6) is 11.5 Å². The van der Waals surface area contributed by atoms with Gasteiger partial charge in [-0.25, -0.2) is 0 Å². The highest BCUT2D eigenvalue weighted by atomic mass is 16.5. The number of hydrogen-bond donors (Lipinski definition) is 0. The molecule has 1 amide bonds. The molecule has 2 fully saturated rings. The van der Waals surface area contributed by atoms with E-state index in [1.54, 1.807) is 7.11 Å². The molecule has 0 aromatic heterocycles. The molecule has 7 heteroatoms. The maximum Gasteiger partial charge on any atom is 0.236 e. The van der Waals surface area contributed by atoms with Crippen LogP contribution in [-0.4, -0.2) is 112 Å². The van der Waals surface area contributed by atoms with E-state index in [0.717, 1.165) is 70.4 Å². The maximum absolute atomic E-state index is 12.5. The van der Waals surface area contributed by atoms with Crippen molar-refractivity contribution < 1.29 is 14.3 Å². The fraction of sp³-hybridized carbons (Fsp3) is 0.650. The van der Waals surface area contributed by atoms with Crippen molar-refractivity contribution in [2.24, 2.45) is 0 Å². The van der Waals surface area contributed by atoms with Gasteiger partial charge in [0.1, 0.15) is 18.1 Å². The summed E-state index contributed by atoms with van der Waals surface area (Å²) in [5.41, 5.74) is 0. The highest BCUT2D eigenvalue weighted by molar-refractivity contribution is 5.78. The lowest BCUT2D eigenvalue weighted by Gasteiger charge is -2.37. The molecule has 0 saturated carbocycles. The maximum atomic E-state index is 12.5. The van der Waals surface area contributed by atoms with Crippen LogP contribution in [0.4, 0.5) is 0 Å². The van der Waals surface area contributed by atoms with Crippen LogP contribution in [0.25, 0.3) is 0 Å². The second-order valence-electron chi connectivity index (χ2n) is 7.33. The van der Waals surface area contributed by atoms with E-state index in [-0.39, 0.29) is 5.91 Å². The van der Waals surface area contributed by atoms with Crippen molar-refractivity contribution in [1.29, 1.82) is 0 Å². The van der Waals surface area contributed by atoms with E-state index in [9.17, 15) is 4.79 Å². The zero-order valence-electron chi connectivity index (χ0n) is 16.6. The van der Waals surface area contributed by atoms with Crippen molar-refractivity contribution in [3.05, 3.63) is 24.3 Å². The summed E-state index contributed by atoms with van der Waals surface area (Å²) in [5, 5.41) is 0. The number of ether oxygens (including phenoxy) is 2. The quantitative estimate of drug-likeness (QED) is 0.689. The van der Waals surface area contributed by atoms with E-state index in [4.69, 9.17) is 9.47 Å². The van der Waals surface area contributed by atoms with Gasteiger partial charge in [-0.05, 0) is 19.2 Å². The first-order valence-corrected chi connectivity index (χ1v) is 9.82. The summed E-state index contributed by atoms with van der Waals surface area (Å²) in [6.45, 7) is 9.64. The third kappa shape index (κ3) is 6.09. The summed E-state index contributed by atoms with van der Waals surface area (Å²) in [5.74, 6) is 1.93. The van der Waals surface area contributed by atoms with Crippen molar-refractivity contribution in [1.82, 2.24) is 19.6 Å². The van der Waals surface area contributed by atoms with Crippen LogP contribution in [0.2, 0.25) is 0 Å². The first-order valence-electron chi connectivity index (χ1n) is 9.82. The summed E-state index contributed by atoms with van der Waals surface area (Å²) >= 11 is 0. The highest BCUT2D eigenvalue weighted by Gasteiger charge is 2.23. The molecule has 1 aromatic rings. The van der Waals surface area contributed by atoms with Gasteiger partial charge in [-0.15, -0.1) is 0 Å². The minimum Gasteiger partial charge on any atom is -0.497 e. The molecule has 2 aliphatic heterocycles. The minimum absolute atomic E-state index is 0.276. The molecule has 2 heterocycles. The Labute approximate surface area is 162 Å². The van der Waals surface area contributed by atoms with Crippen molar-refractivity contribution in [2.75, 3.05) is 86.2 Å². The number of piperazine rings is 2. The number of rotatable bonds is 7. The summed E-state index contributed by atoms with van der Waals surface area (Å²) < 4.78 is 11.0. The van der Waals surface area contributed by atoms with Gasteiger partial charge in [0.05, 0.1) is 13.7 Å². The lowest BCUT2D eigenvalue weighted by Crippen LogP contribution is -2.53. The number of nitrogens with zero attached hydrogens (tertiary/aromatic N) is 4. The predicted octanol–water partition coefficient (Wildman–Crippen LogP) is 0.466. The van der Waals surface area contributed by atoms with Crippen molar-refractivity contribution >= 4 is 5.91 Å². The van der Waals surface area contributed by atoms with Gasteiger partial charge in [0, 0.05) is 65.0 Å². The molecule has 3 rings (SSSR count). The zero-order chi connectivity index (χ0) is 19.1. The monoisotopic (exact) mass is 376 g/mol. The second kappa shape index (κ2) is 9.92. The van der Waals surface area contributed by atoms with Crippen LogP contribution in [0.3, 0.4) is 0 Å². The van der Waals surface area contributed by atoms with E-state index in [1.165, 1.54) is 0 Å². The topological polar surface area (TPSA) is 48.5 Å². The fourth-order valence-electron chi connectivity index (χ4n) is 3.50. The summed E-state index contributed by atoms with van der Waals surface area (Å²) in [6, 6.07) is 7.70. The Morgan fingerprint density at radius 2 is 1.63 bits per heavy atom. The Morgan fingerprint density at radius 3 is 2.33 bits per heavy atom. The molecule has 0 unspecified atom stereocenters. The van der Waals surface area contributed by atoms with E-state index in [0.29, 0.717) is 13.2 Å². The van der Waals surface area contributed by atoms with Gasteiger partial charge in [-0.3, -0.25) is 14.6 Å². The van der Waals surface area contributed by atoms with E-state index < -0.39 is 0 Å². The van der Waals surface area contributed by atoms with Crippen molar-refractivity contribution in [3.8, 4) is 11.5 Å². The molecule has 2 aliphatic rings. The van der Waals surface area contributed by atoms with Gasteiger partial charge >= 0.3 is 0 Å². The standard InChI is InChI=1S/C20H32N4O3/c1-21-6-12-24(13-7-21)20(25)17-23-10-8-22(9-11-23)14-15-27-19-5-3-4-18(16-19)26-2/h3-5,16H,6-15,17H2,1-2H3. The molecule has 150 valence electrons. The van der Waals surface area contributed by atoms with Gasteiger partial charge in [-0.2, -0.15) is 0 Å². The Balaban J connectivity index is 1.32. The largest absolute Gasteiger partial charge is 0.497 e. The van der Waals surface area contributed by atoms with E-state index in [1.807, 2.05) is 29.2 Å². The van der Waals surface area contributed by atoms with Crippen LogP contribution in [0.15, 0.2) is 24.3 Å². The molecular weight excluding hydrogens is 344 g/mol. The van der Waals surface area contributed by atoms with Crippen molar-refractivity contribution in [3.63, 3.8) is 0 Å². The molecule has 0 spiro atoms. The number of hydrogen-bond acceptors (Lipinski definition) is 6. The zero-order valence-corrected chi connectivity index (χ0v) is 16.6.